The molecule has 144 valence electrons. The molecule has 1 fully saturated rings. The quantitative estimate of drug-likeness (QED) is 0.629. The second kappa shape index (κ2) is 6.90. The van der Waals surface area contributed by atoms with Crippen molar-refractivity contribution in [3.63, 3.8) is 0 Å². The molecule has 8 nitrogen and oxygen atoms in total. The largest absolute Gasteiger partial charge is 0.356 e. The fraction of sp³-hybridized carbons (Fsp3) is 0.263. The van der Waals surface area contributed by atoms with Crippen LogP contribution in [0.1, 0.15) is 44.8 Å². The minimum absolute atomic E-state index is 0.211. The highest BCUT2D eigenvalue weighted by Crippen LogP contribution is 2.29. The van der Waals surface area contributed by atoms with Crippen LogP contribution in [0.5, 0.6) is 0 Å². The summed E-state index contributed by atoms with van der Waals surface area (Å²) in [6.07, 6.45) is 2.22. The van der Waals surface area contributed by atoms with Crippen LogP contribution in [0.4, 0.5) is 5.69 Å². The van der Waals surface area contributed by atoms with Crippen LogP contribution in [0.3, 0.4) is 0 Å². The summed E-state index contributed by atoms with van der Waals surface area (Å²) in [5.41, 5.74) is 3.05. The fourth-order valence-electron chi connectivity index (χ4n) is 3.55. The van der Waals surface area contributed by atoms with Crippen LogP contribution in [-0.2, 0) is 16.1 Å². The van der Waals surface area contributed by atoms with Gasteiger partial charge in [0.05, 0.1) is 0 Å². The number of aromatic amines is 1. The van der Waals surface area contributed by atoms with Gasteiger partial charge in [0.15, 0.2) is 0 Å². The number of amides is 4. The number of hydrogen-bond acceptors (Lipinski definition) is 4. The number of nitrogens with zero attached hydrogens (tertiary/aromatic N) is 1. The number of rotatable bonds is 3. The van der Waals surface area contributed by atoms with E-state index in [-0.39, 0.29) is 30.7 Å². The summed E-state index contributed by atoms with van der Waals surface area (Å²) in [5.74, 6) is -1.29. The lowest BCUT2D eigenvalue weighted by atomic mass is 10.0. The van der Waals surface area contributed by atoms with E-state index < -0.39 is 11.9 Å². The number of piperidine rings is 1. The maximum Gasteiger partial charge on any atom is 0.272 e. The minimum Gasteiger partial charge on any atom is -0.356 e. The third kappa shape index (κ3) is 3.11. The van der Waals surface area contributed by atoms with Gasteiger partial charge in [0.2, 0.25) is 11.8 Å². The van der Waals surface area contributed by atoms with Gasteiger partial charge in [-0.05, 0) is 58.6 Å². The Kier molecular flexibility index (Phi) is 4.54. The molecule has 3 heterocycles. The molecule has 1 aromatic heterocycles. The van der Waals surface area contributed by atoms with Gasteiger partial charge in [0.25, 0.3) is 11.8 Å². The van der Waals surface area contributed by atoms with E-state index in [9.17, 15) is 19.2 Å². The van der Waals surface area contributed by atoms with Crippen molar-refractivity contribution in [3.8, 4) is 0 Å². The third-order valence-corrected chi connectivity index (χ3v) is 5.91. The van der Waals surface area contributed by atoms with Crippen molar-refractivity contribution in [1.82, 2.24) is 15.2 Å². The zero-order valence-corrected chi connectivity index (χ0v) is 16.6. The summed E-state index contributed by atoms with van der Waals surface area (Å²) in [7, 11) is 0. The predicted octanol–water partition coefficient (Wildman–Crippen LogP) is 2.10. The van der Waals surface area contributed by atoms with Crippen molar-refractivity contribution in [2.24, 2.45) is 0 Å². The van der Waals surface area contributed by atoms with E-state index in [0.29, 0.717) is 23.4 Å². The van der Waals surface area contributed by atoms with Gasteiger partial charge in [0, 0.05) is 34.9 Å². The lowest BCUT2D eigenvalue weighted by Gasteiger charge is -2.29. The van der Waals surface area contributed by atoms with Crippen LogP contribution in [-0.4, -0.2) is 39.6 Å². The number of hydrogen-bond donors (Lipinski definition) is 3. The third-order valence-electron chi connectivity index (χ3n) is 5.08. The van der Waals surface area contributed by atoms with E-state index in [1.807, 2.05) is 6.92 Å². The molecule has 2 aliphatic heterocycles. The number of H-pyrrole nitrogens is 1. The van der Waals surface area contributed by atoms with Crippen molar-refractivity contribution >= 4 is 45.2 Å². The van der Waals surface area contributed by atoms with Gasteiger partial charge < -0.3 is 15.2 Å². The second-order valence-electron chi connectivity index (χ2n) is 6.86. The summed E-state index contributed by atoms with van der Waals surface area (Å²) >= 11 is 3.36. The molecule has 4 rings (SSSR count). The summed E-state index contributed by atoms with van der Waals surface area (Å²) in [4.78, 5) is 53.0. The number of anilines is 1. The Morgan fingerprint density at radius 1 is 1.29 bits per heavy atom. The molecule has 1 unspecified atom stereocenters. The Labute approximate surface area is 168 Å². The van der Waals surface area contributed by atoms with E-state index in [1.54, 1.807) is 24.4 Å². The molecule has 0 saturated carbocycles. The first-order valence-electron chi connectivity index (χ1n) is 8.77. The fourth-order valence-corrected chi connectivity index (χ4v) is 3.87. The van der Waals surface area contributed by atoms with Crippen LogP contribution < -0.4 is 10.6 Å². The van der Waals surface area contributed by atoms with Gasteiger partial charge in [-0.2, -0.15) is 0 Å². The van der Waals surface area contributed by atoms with E-state index in [1.165, 1.54) is 4.90 Å². The van der Waals surface area contributed by atoms with Crippen LogP contribution >= 0.6 is 15.9 Å². The molecule has 2 aliphatic rings. The molecular formula is C19H17BrN4O4. The lowest BCUT2D eigenvalue weighted by molar-refractivity contribution is -0.136. The first-order chi connectivity index (χ1) is 13.3. The SMILES string of the molecule is Cc1c(Br)c[nH]c1C(=O)Nc1ccc2c(c1)CN(C1CCC(=O)NC1=O)C2=O. The van der Waals surface area contributed by atoms with Crippen LogP contribution in [0.15, 0.2) is 28.9 Å². The molecule has 9 heteroatoms. The van der Waals surface area contributed by atoms with Gasteiger partial charge >= 0.3 is 0 Å². The number of aromatic nitrogens is 1. The zero-order valence-electron chi connectivity index (χ0n) is 15.0. The lowest BCUT2D eigenvalue weighted by Crippen LogP contribution is -2.52. The average molecular weight is 445 g/mol. The second-order valence-corrected chi connectivity index (χ2v) is 7.72. The molecule has 1 atom stereocenters. The van der Waals surface area contributed by atoms with Crippen molar-refractivity contribution in [2.75, 3.05) is 5.32 Å². The highest BCUT2D eigenvalue weighted by atomic mass is 79.9. The summed E-state index contributed by atoms with van der Waals surface area (Å²) in [6.45, 7) is 2.09. The molecule has 28 heavy (non-hydrogen) atoms. The Hall–Kier alpha value is -2.94. The molecule has 3 N–H and O–H groups in total. The predicted molar refractivity (Wildman–Crippen MR) is 104 cm³/mol. The molecule has 0 spiro atoms. The molecule has 1 saturated heterocycles. The van der Waals surface area contributed by atoms with Crippen LogP contribution in [0.2, 0.25) is 0 Å². The van der Waals surface area contributed by atoms with E-state index in [4.69, 9.17) is 0 Å². The van der Waals surface area contributed by atoms with E-state index in [0.717, 1.165) is 15.6 Å². The Bertz CT molecular complexity index is 1030. The zero-order chi connectivity index (χ0) is 20.0. The van der Waals surface area contributed by atoms with E-state index in [2.05, 4.69) is 31.5 Å². The Morgan fingerprint density at radius 3 is 2.75 bits per heavy atom. The number of nitrogens with one attached hydrogen (secondary N) is 3. The van der Waals surface area contributed by atoms with Gasteiger partial charge in [-0.1, -0.05) is 0 Å². The molecule has 1 aromatic carbocycles. The van der Waals surface area contributed by atoms with Crippen molar-refractivity contribution in [3.05, 3.63) is 51.3 Å². The maximum atomic E-state index is 12.7. The number of halogens is 1. The molecule has 4 amide bonds. The Balaban J connectivity index is 1.52. The van der Waals surface area contributed by atoms with Crippen molar-refractivity contribution in [2.45, 2.75) is 32.4 Å². The van der Waals surface area contributed by atoms with Gasteiger partial charge in [-0.3, -0.25) is 24.5 Å². The van der Waals surface area contributed by atoms with Gasteiger partial charge in [0.1, 0.15) is 11.7 Å². The monoisotopic (exact) mass is 444 g/mol. The Morgan fingerprint density at radius 2 is 2.07 bits per heavy atom. The molecule has 0 bridgehead atoms. The topological polar surface area (TPSA) is 111 Å². The first-order valence-corrected chi connectivity index (χ1v) is 9.57. The maximum absolute atomic E-state index is 12.7. The van der Waals surface area contributed by atoms with Gasteiger partial charge in [-0.15, -0.1) is 0 Å². The first kappa shape index (κ1) is 18.4. The molecule has 0 radical (unpaired) electrons. The van der Waals surface area contributed by atoms with Crippen LogP contribution in [0, 0.1) is 6.92 Å². The van der Waals surface area contributed by atoms with Crippen LogP contribution in [0.25, 0.3) is 0 Å². The normalized spacial score (nSPS) is 18.9. The highest BCUT2D eigenvalue weighted by molar-refractivity contribution is 9.10. The average Bonchev–Trinajstić information content (AvgIpc) is 3.15. The molecular weight excluding hydrogens is 428 g/mol. The van der Waals surface area contributed by atoms with Gasteiger partial charge in [-0.25, -0.2) is 0 Å². The summed E-state index contributed by atoms with van der Waals surface area (Å²) in [6, 6.07) is 4.39. The minimum atomic E-state index is -0.658. The standard InChI is InChI=1S/C19H17BrN4O4/c1-9-13(20)7-21-16(9)18(27)22-11-2-3-12-10(6-11)8-24(19(12)28)14-4-5-15(25)23-17(14)26/h2-3,6-7,14,21H,4-5,8H2,1H3,(H,22,27)(H,23,25,26). The summed E-state index contributed by atoms with van der Waals surface area (Å²) in [5, 5.41) is 5.10. The number of fused-ring (bicyclic) bond motifs is 1. The molecule has 0 aliphatic carbocycles. The van der Waals surface area contributed by atoms with E-state index >= 15 is 0 Å². The molecule has 2 aromatic rings. The highest BCUT2D eigenvalue weighted by Gasteiger charge is 2.39. The van der Waals surface area contributed by atoms with Crippen molar-refractivity contribution < 1.29 is 19.2 Å². The number of imide groups is 1. The number of benzene rings is 1. The smallest absolute Gasteiger partial charge is 0.272 e. The van der Waals surface area contributed by atoms with Crippen molar-refractivity contribution in [1.29, 1.82) is 0 Å². The number of carbonyl (C=O) groups excluding carboxylic acids is 4. The number of carbonyl (C=O) groups is 4. The summed E-state index contributed by atoms with van der Waals surface area (Å²) < 4.78 is 0.817.